The van der Waals surface area contributed by atoms with E-state index in [4.69, 9.17) is 9.47 Å². The highest BCUT2D eigenvalue weighted by atomic mass is 16.6. The summed E-state index contributed by atoms with van der Waals surface area (Å²) in [5, 5.41) is 10.9. The Labute approximate surface area is 140 Å². The van der Waals surface area contributed by atoms with Gasteiger partial charge in [0.25, 0.3) is 5.69 Å². The first kappa shape index (κ1) is 15.9. The van der Waals surface area contributed by atoms with Gasteiger partial charge in [-0.3, -0.25) is 10.1 Å². The van der Waals surface area contributed by atoms with Crippen LogP contribution in [0.2, 0.25) is 0 Å². The van der Waals surface area contributed by atoms with Crippen LogP contribution in [-0.4, -0.2) is 24.0 Å². The highest BCUT2D eigenvalue weighted by molar-refractivity contribution is 5.58. The van der Waals surface area contributed by atoms with Crippen LogP contribution in [0.4, 0.5) is 5.69 Å². The fourth-order valence-corrected chi connectivity index (χ4v) is 2.77. The second-order valence-electron chi connectivity index (χ2n) is 5.54. The molecule has 0 unspecified atom stereocenters. The molecule has 0 N–H and O–H groups in total. The lowest BCUT2D eigenvalue weighted by Gasteiger charge is -2.26. The number of nitro benzene ring substituents is 1. The van der Waals surface area contributed by atoms with Gasteiger partial charge in [0.15, 0.2) is 0 Å². The summed E-state index contributed by atoms with van der Waals surface area (Å²) >= 11 is 0. The molecule has 0 bridgehead atoms. The number of ether oxygens (including phenoxy) is 2. The number of rotatable bonds is 5. The summed E-state index contributed by atoms with van der Waals surface area (Å²) in [6.45, 7) is 1.26. The van der Waals surface area contributed by atoms with Crippen LogP contribution in [0.25, 0.3) is 6.08 Å². The average molecular weight is 326 g/mol. The maximum absolute atomic E-state index is 10.9. The molecule has 1 heterocycles. The minimum atomic E-state index is -0.366. The zero-order chi connectivity index (χ0) is 17.1. The van der Waals surface area contributed by atoms with Gasteiger partial charge in [-0.25, -0.2) is 0 Å². The zero-order valence-corrected chi connectivity index (χ0v) is 13.6. The number of hydrogen-bond acceptors (Lipinski definition) is 5. The minimum Gasteiger partial charge on any atom is -0.497 e. The fraction of sp³-hybridized carbons (Fsp3) is 0.222. The quantitative estimate of drug-likeness (QED) is 0.620. The van der Waals surface area contributed by atoms with E-state index in [9.17, 15) is 10.1 Å². The largest absolute Gasteiger partial charge is 0.497 e. The number of nitro groups is 1. The molecule has 124 valence electrons. The number of hydrogen-bond donors (Lipinski definition) is 0. The van der Waals surface area contributed by atoms with E-state index in [1.54, 1.807) is 26.4 Å². The third kappa shape index (κ3) is 3.17. The fourth-order valence-electron chi connectivity index (χ4n) is 2.77. The number of fused-ring (bicyclic) bond motifs is 1. The van der Waals surface area contributed by atoms with Crippen molar-refractivity contribution in [3.63, 3.8) is 0 Å². The van der Waals surface area contributed by atoms with Crippen LogP contribution in [0, 0.1) is 10.1 Å². The Morgan fingerprint density at radius 2 is 2.00 bits per heavy atom. The SMILES string of the molecule is COc1ccc(CN2C=Cc3ccc([N+](=O)[O-])cc3C2)c(OC)c1. The summed E-state index contributed by atoms with van der Waals surface area (Å²) in [5.41, 5.74) is 3.10. The average Bonchev–Trinajstić information content (AvgIpc) is 2.61. The van der Waals surface area contributed by atoms with Crippen molar-refractivity contribution >= 4 is 11.8 Å². The lowest BCUT2D eigenvalue weighted by atomic mass is 10.0. The summed E-state index contributed by atoms with van der Waals surface area (Å²) in [6.07, 6.45) is 3.97. The number of nitrogens with zero attached hydrogens (tertiary/aromatic N) is 2. The Morgan fingerprint density at radius 3 is 2.71 bits per heavy atom. The summed E-state index contributed by atoms with van der Waals surface area (Å²) in [7, 11) is 3.24. The maximum atomic E-state index is 10.9. The smallest absolute Gasteiger partial charge is 0.269 e. The minimum absolute atomic E-state index is 0.117. The van der Waals surface area contributed by atoms with Gasteiger partial charge in [0.1, 0.15) is 11.5 Å². The molecule has 2 aromatic rings. The normalized spacial score (nSPS) is 12.7. The molecule has 6 nitrogen and oxygen atoms in total. The van der Waals surface area contributed by atoms with E-state index in [2.05, 4.69) is 4.90 Å². The molecule has 6 heteroatoms. The van der Waals surface area contributed by atoms with E-state index in [0.717, 1.165) is 28.2 Å². The number of methoxy groups -OCH3 is 2. The maximum Gasteiger partial charge on any atom is 0.269 e. The van der Waals surface area contributed by atoms with Crippen molar-refractivity contribution in [2.24, 2.45) is 0 Å². The van der Waals surface area contributed by atoms with Crippen molar-refractivity contribution in [1.29, 1.82) is 0 Å². The molecule has 0 atom stereocenters. The van der Waals surface area contributed by atoms with Crippen LogP contribution < -0.4 is 9.47 Å². The van der Waals surface area contributed by atoms with Gasteiger partial charge in [-0.15, -0.1) is 0 Å². The van der Waals surface area contributed by atoms with Crippen molar-refractivity contribution in [1.82, 2.24) is 4.90 Å². The van der Waals surface area contributed by atoms with Crippen molar-refractivity contribution in [3.05, 3.63) is 69.4 Å². The molecule has 0 aromatic heterocycles. The van der Waals surface area contributed by atoms with Crippen LogP contribution >= 0.6 is 0 Å². The zero-order valence-electron chi connectivity index (χ0n) is 13.6. The van der Waals surface area contributed by atoms with Crippen molar-refractivity contribution in [3.8, 4) is 11.5 Å². The molecule has 0 aliphatic carbocycles. The topological polar surface area (TPSA) is 64.8 Å². The van der Waals surface area contributed by atoms with Crippen LogP contribution in [0.1, 0.15) is 16.7 Å². The van der Waals surface area contributed by atoms with E-state index in [-0.39, 0.29) is 10.6 Å². The molecule has 0 fully saturated rings. The van der Waals surface area contributed by atoms with E-state index in [0.29, 0.717) is 13.1 Å². The monoisotopic (exact) mass is 326 g/mol. The van der Waals surface area contributed by atoms with Gasteiger partial charge >= 0.3 is 0 Å². The Balaban J connectivity index is 1.81. The van der Waals surface area contributed by atoms with Crippen molar-refractivity contribution in [2.45, 2.75) is 13.1 Å². The standard InChI is InChI=1S/C18H18N2O4/c1-23-17-6-4-14(18(10-17)24-2)11-19-8-7-13-3-5-16(20(21)22)9-15(13)12-19/h3-10H,11-12H2,1-2H3. The molecule has 0 spiro atoms. The molecule has 1 aliphatic heterocycles. The van der Waals surface area contributed by atoms with Gasteiger partial charge in [-0.1, -0.05) is 0 Å². The van der Waals surface area contributed by atoms with Crippen LogP contribution in [-0.2, 0) is 13.1 Å². The first-order valence-electron chi connectivity index (χ1n) is 7.51. The Bertz CT molecular complexity index is 802. The van der Waals surface area contributed by atoms with Crippen LogP contribution in [0.3, 0.4) is 0 Å². The number of non-ortho nitro benzene ring substituents is 1. The molecule has 0 saturated heterocycles. The molecule has 0 radical (unpaired) electrons. The van der Waals surface area contributed by atoms with Gasteiger partial charge < -0.3 is 14.4 Å². The van der Waals surface area contributed by atoms with Gasteiger partial charge in [0.2, 0.25) is 0 Å². The number of benzene rings is 2. The summed E-state index contributed by atoms with van der Waals surface area (Å²) < 4.78 is 10.6. The van der Waals surface area contributed by atoms with E-state index < -0.39 is 0 Å². The van der Waals surface area contributed by atoms with Crippen LogP contribution in [0.5, 0.6) is 11.5 Å². The van der Waals surface area contributed by atoms with Gasteiger partial charge in [0, 0.05) is 43.1 Å². The van der Waals surface area contributed by atoms with Gasteiger partial charge in [-0.05, 0) is 35.4 Å². The molecule has 0 saturated carbocycles. The molecule has 1 aliphatic rings. The second-order valence-corrected chi connectivity index (χ2v) is 5.54. The highest BCUT2D eigenvalue weighted by Gasteiger charge is 2.16. The molecule has 2 aromatic carbocycles. The summed E-state index contributed by atoms with van der Waals surface area (Å²) in [4.78, 5) is 12.7. The van der Waals surface area contributed by atoms with E-state index >= 15 is 0 Å². The lowest BCUT2D eigenvalue weighted by Crippen LogP contribution is -2.20. The predicted octanol–water partition coefficient (Wildman–Crippen LogP) is 3.60. The Kier molecular flexibility index (Phi) is 4.37. The van der Waals surface area contributed by atoms with Crippen molar-refractivity contribution < 1.29 is 14.4 Å². The first-order valence-corrected chi connectivity index (χ1v) is 7.51. The van der Waals surface area contributed by atoms with Gasteiger partial charge in [-0.2, -0.15) is 0 Å². The molecule has 24 heavy (non-hydrogen) atoms. The Morgan fingerprint density at radius 1 is 1.17 bits per heavy atom. The first-order chi connectivity index (χ1) is 11.6. The van der Waals surface area contributed by atoms with E-state index in [1.165, 1.54) is 6.07 Å². The highest BCUT2D eigenvalue weighted by Crippen LogP contribution is 2.29. The molecule has 3 rings (SSSR count). The lowest BCUT2D eigenvalue weighted by molar-refractivity contribution is -0.384. The summed E-state index contributed by atoms with van der Waals surface area (Å²) in [5.74, 6) is 1.50. The predicted molar refractivity (Wildman–Crippen MR) is 90.9 cm³/mol. The van der Waals surface area contributed by atoms with Gasteiger partial charge in [0.05, 0.1) is 19.1 Å². The van der Waals surface area contributed by atoms with Crippen LogP contribution in [0.15, 0.2) is 42.6 Å². The van der Waals surface area contributed by atoms with E-state index in [1.807, 2.05) is 30.5 Å². The third-order valence-corrected chi connectivity index (χ3v) is 4.04. The molecular weight excluding hydrogens is 308 g/mol. The van der Waals surface area contributed by atoms with Crippen molar-refractivity contribution in [2.75, 3.05) is 14.2 Å². The second kappa shape index (κ2) is 6.62. The summed E-state index contributed by atoms with van der Waals surface area (Å²) in [6, 6.07) is 10.7. The Hall–Kier alpha value is -3.02. The molecule has 0 amide bonds. The molecular formula is C18H18N2O4. The third-order valence-electron chi connectivity index (χ3n) is 4.04.